The van der Waals surface area contributed by atoms with E-state index in [2.05, 4.69) is 57.1 Å². The number of anilines is 2. The molecule has 0 amide bonds. The van der Waals surface area contributed by atoms with Crippen molar-refractivity contribution in [3.05, 3.63) is 47.2 Å². The second-order valence-corrected chi connectivity index (χ2v) is 6.45. The standard InChI is InChI=1S/C14H15N5S2/c1-10-3-5-11(6-4-10)16-13-17-12(7-20-13)8-21-14-18-15-9-19(14)2/h3-7,9H,8H2,1-2H3,(H,16,17). The number of thioether (sulfide) groups is 1. The van der Waals surface area contributed by atoms with E-state index in [1.54, 1.807) is 29.4 Å². The first-order valence-electron chi connectivity index (χ1n) is 6.45. The van der Waals surface area contributed by atoms with E-state index < -0.39 is 0 Å². The van der Waals surface area contributed by atoms with Gasteiger partial charge in [0.15, 0.2) is 10.3 Å². The fourth-order valence-electron chi connectivity index (χ4n) is 1.73. The number of hydrogen-bond acceptors (Lipinski definition) is 6. The SMILES string of the molecule is Cc1ccc(Nc2nc(CSc3nncn3C)cs2)cc1. The summed E-state index contributed by atoms with van der Waals surface area (Å²) in [5.41, 5.74) is 3.35. The van der Waals surface area contributed by atoms with Gasteiger partial charge in [0.25, 0.3) is 0 Å². The van der Waals surface area contributed by atoms with E-state index >= 15 is 0 Å². The lowest BCUT2D eigenvalue weighted by Crippen LogP contribution is -1.92. The number of benzene rings is 1. The van der Waals surface area contributed by atoms with Gasteiger partial charge in [-0.05, 0) is 19.1 Å². The molecular weight excluding hydrogens is 302 g/mol. The summed E-state index contributed by atoms with van der Waals surface area (Å²) < 4.78 is 1.91. The summed E-state index contributed by atoms with van der Waals surface area (Å²) in [5, 5.41) is 15.1. The van der Waals surface area contributed by atoms with Crippen LogP contribution in [0.2, 0.25) is 0 Å². The highest BCUT2D eigenvalue weighted by molar-refractivity contribution is 7.98. The number of rotatable bonds is 5. The molecule has 0 bridgehead atoms. The quantitative estimate of drug-likeness (QED) is 0.728. The maximum atomic E-state index is 4.59. The summed E-state index contributed by atoms with van der Waals surface area (Å²) in [6.45, 7) is 2.08. The van der Waals surface area contributed by atoms with Crippen LogP contribution in [0, 0.1) is 6.92 Å². The van der Waals surface area contributed by atoms with E-state index in [4.69, 9.17) is 0 Å². The minimum atomic E-state index is 0.790. The summed E-state index contributed by atoms with van der Waals surface area (Å²) in [6.07, 6.45) is 1.70. The predicted molar refractivity (Wildman–Crippen MR) is 87.1 cm³/mol. The van der Waals surface area contributed by atoms with Crippen LogP contribution in [0.5, 0.6) is 0 Å². The molecule has 0 saturated carbocycles. The van der Waals surface area contributed by atoms with E-state index in [1.165, 1.54) is 5.56 Å². The molecule has 7 heteroatoms. The molecule has 0 fully saturated rings. The number of hydrogen-bond donors (Lipinski definition) is 1. The van der Waals surface area contributed by atoms with Crippen LogP contribution in [0.25, 0.3) is 0 Å². The highest BCUT2D eigenvalue weighted by atomic mass is 32.2. The Morgan fingerprint density at radius 1 is 1.29 bits per heavy atom. The molecule has 0 atom stereocenters. The molecule has 3 rings (SSSR count). The third-order valence-corrected chi connectivity index (χ3v) is 4.75. The van der Waals surface area contributed by atoms with Gasteiger partial charge in [-0.3, -0.25) is 0 Å². The molecule has 21 heavy (non-hydrogen) atoms. The molecule has 5 nitrogen and oxygen atoms in total. The Morgan fingerprint density at radius 2 is 2.10 bits per heavy atom. The molecule has 3 aromatic rings. The molecular formula is C14H15N5S2. The van der Waals surface area contributed by atoms with E-state index in [0.717, 1.165) is 27.4 Å². The molecule has 108 valence electrons. The topological polar surface area (TPSA) is 55.6 Å². The molecule has 0 aliphatic rings. The van der Waals surface area contributed by atoms with Crippen LogP contribution >= 0.6 is 23.1 Å². The zero-order valence-corrected chi connectivity index (χ0v) is 13.4. The van der Waals surface area contributed by atoms with Crippen molar-refractivity contribution in [2.75, 3.05) is 5.32 Å². The van der Waals surface area contributed by atoms with Gasteiger partial charge in [0, 0.05) is 23.9 Å². The Kier molecular flexibility index (Phi) is 4.21. The first-order valence-corrected chi connectivity index (χ1v) is 8.32. The Morgan fingerprint density at radius 3 is 2.81 bits per heavy atom. The average Bonchev–Trinajstić information content (AvgIpc) is 3.08. The Balaban J connectivity index is 1.61. The molecule has 1 aromatic carbocycles. The fourth-order valence-corrected chi connectivity index (χ4v) is 3.35. The van der Waals surface area contributed by atoms with Gasteiger partial charge in [0.2, 0.25) is 0 Å². The lowest BCUT2D eigenvalue weighted by Gasteiger charge is -2.02. The molecule has 0 aliphatic heterocycles. The first-order chi connectivity index (χ1) is 10.2. The van der Waals surface area contributed by atoms with Crippen LogP contribution in [0.4, 0.5) is 10.8 Å². The van der Waals surface area contributed by atoms with Crippen molar-refractivity contribution in [1.29, 1.82) is 0 Å². The third-order valence-electron chi connectivity index (χ3n) is 2.87. The van der Waals surface area contributed by atoms with Crippen LogP contribution in [0.1, 0.15) is 11.3 Å². The average molecular weight is 317 g/mol. The molecule has 2 aromatic heterocycles. The van der Waals surface area contributed by atoms with Gasteiger partial charge in [0.1, 0.15) is 6.33 Å². The van der Waals surface area contributed by atoms with Crippen LogP contribution in [-0.4, -0.2) is 19.7 Å². The molecule has 1 N–H and O–H groups in total. The Hall–Kier alpha value is -1.86. The van der Waals surface area contributed by atoms with Gasteiger partial charge in [-0.1, -0.05) is 29.5 Å². The lowest BCUT2D eigenvalue weighted by atomic mass is 10.2. The van der Waals surface area contributed by atoms with Gasteiger partial charge < -0.3 is 9.88 Å². The van der Waals surface area contributed by atoms with Gasteiger partial charge in [-0.2, -0.15) is 0 Å². The van der Waals surface area contributed by atoms with E-state index in [1.807, 2.05) is 11.6 Å². The van der Waals surface area contributed by atoms with Crippen molar-refractivity contribution in [1.82, 2.24) is 19.7 Å². The number of aromatic nitrogens is 4. The number of nitrogens with zero attached hydrogens (tertiary/aromatic N) is 4. The first kappa shape index (κ1) is 14.1. The van der Waals surface area contributed by atoms with Crippen LogP contribution in [-0.2, 0) is 12.8 Å². The molecule has 0 radical (unpaired) electrons. The maximum absolute atomic E-state index is 4.59. The second kappa shape index (κ2) is 6.28. The summed E-state index contributed by atoms with van der Waals surface area (Å²) in [5.74, 6) is 0.790. The lowest BCUT2D eigenvalue weighted by molar-refractivity contribution is 0.788. The van der Waals surface area contributed by atoms with Crippen molar-refractivity contribution < 1.29 is 0 Å². The van der Waals surface area contributed by atoms with E-state index in [9.17, 15) is 0 Å². The Bertz CT molecular complexity index is 717. The van der Waals surface area contributed by atoms with Gasteiger partial charge in [-0.25, -0.2) is 4.98 Å². The van der Waals surface area contributed by atoms with Crippen LogP contribution in [0.15, 0.2) is 41.1 Å². The fraction of sp³-hybridized carbons (Fsp3) is 0.214. The van der Waals surface area contributed by atoms with Crippen molar-refractivity contribution in [3.8, 4) is 0 Å². The largest absolute Gasteiger partial charge is 0.332 e. The molecule has 0 aliphatic carbocycles. The highest BCUT2D eigenvalue weighted by Gasteiger charge is 2.06. The minimum Gasteiger partial charge on any atom is -0.332 e. The molecule has 0 saturated heterocycles. The van der Waals surface area contributed by atoms with Crippen molar-refractivity contribution >= 4 is 33.9 Å². The second-order valence-electron chi connectivity index (χ2n) is 4.65. The summed E-state index contributed by atoms with van der Waals surface area (Å²) in [4.78, 5) is 4.59. The monoisotopic (exact) mass is 317 g/mol. The molecule has 0 unspecified atom stereocenters. The summed E-state index contributed by atoms with van der Waals surface area (Å²) >= 11 is 3.25. The van der Waals surface area contributed by atoms with Gasteiger partial charge in [0.05, 0.1) is 5.69 Å². The third kappa shape index (κ3) is 3.62. The van der Waals surface area contributed by atoms with Crippen molar-refractivity contribution in [2.45, 2.75) is 17.8 Å². The summed E-state index contributed by atoms with van der Waals surface area (Å²) in [7, 11) is 1.94. The Labute approximate surface area is 131 Å². The van der Waals surface area contributed by atoms with Crippen LogP contribution in [0.3, 0.4) is 0 Å². The van der Waals surface area contributed by atoms with Crippen molar-refractivity contribution in [2.24, 2.45) is 7.05 Å². The predicted octanol–water partition coefficient (Wildman–Crippen LogP) is 3.62. The number of aryl methyl sites for hydroxylation is 2. The van der Waals surface area contributed by atoms with Crippen LogP contribution < -0.4 is 5.32 Å². The van der Waals surface area contributed by atoms with E-state index in [-0.39, 0.29) is 0 Å². The smallest absolute Gasteiger partial charge is 0.191 e. The number of nitrogens with one attached hydrogen (secondary N) is 1. The minimum absolute atomic E-state index is 0.790. The zero-order valence-electron chi connectivity index (χ0n) is 11.8. The van der Waals surface area contributed by atoms with Gasteiger partial charge in [-0.15, -0.1) is 21.5 Å². The van der Waals surface area contributed by atoms with Crippen molar-refractivity contribution in [3.63, 3.8) is 0 Å². The maximum Gasteiger partial charge on any atom is 0.191 e. The highest BCUT2D eigenvalue weighted by Crippen LogP contribution is 2.25. The molecule has 2 heterocycles. The summed E-state index contributed by atoms with van der Waals surface area (Å²) in [6, 6.07) is 8.29. The zero-order chi connectivity index (χ0) is 14.7. The van der Waals surface area contributed by atoms with Gasteiger partial charge >= 0.3 is 0 Å². The normalized spacial score (nSPS) is 10.8. The molecule has 0 spiro atoms. The van der Waals surface area contributed by atoms with E-state index in [0.29, 0.717) is 0 Å². The number of thiazole rings is 1.